The van der Waals surface area contributed by atoms with E-state index >= 15 is 0 Å². The van der Waals surface area contributed by atoms with E-state index < -0.39 is 4.92 Å². The maximum Gasteiger partial charge on any atom is 0.408 e. The Morgan fingerprint density at radius 3 is 3.00 bits per heavy atom. The maximum absolute atomic E-state index is 10.6. The SMILES string of the molecule is CC(CNC1CC1)Cn1cc(Cl)c([N+](=O)[O-])n1. The summed E-state index contributed by atoms with van der Waals surface area (Å²) in [7, 11) is 0. The van der Waals surface area contributed by atoms with E-state index in [-0.39, 0.29) is 10.8 Å². The van der Waals surface area contributed by atoms with Gasteiger partial charge in [-0.2, -0.15) is 4.68 Å². The molecule has 0 aromatic carbocycles. The highest BCUT2D eigenvalue weighted by Crippen LogP contribution is 2.22. The average molecular weight is 259 g/mol. The first-order valence-corrected chi connectivity index (χ1v) is 6.04. The summed E-state index contributed by atoms with van der Waals surface area (Å²) in [5.74, 6) is 0.0974. The Kier molecular flexibility index (Phi) is 3.63. The number of nitro groups is 1. The van der Waals surface area contributed by atoms with Gasteiger partial charge in [0.2, 0.25) is 0 Å². The Hall–Kier alpha value is -1.14. The molecule has 7 heteroatoms. The van der Waals surface area contributed by atoms with Gasteiger partial charge < -0.3 is 15.4 Å². The van der Waals surface area contributed by atoms with Crippen molar-refractivity contribution in [2.45, 2.75) is 32.4 Å². The van der Waals surface area contributed by atoms with Crippen molar-refractivity contribution in [3.05, 3.63) is 21.3 Å². The van der Waals surface area contributed by atoms with Crippen molar-refractivity contribution in [2.75, 3.05) is 6.54 Å². The van der Waals surface area contributed by atoms with Crippen LogP contribution in [0.2, 0.25) is 5.02 Å². The Morgan fingerprint density at radius 1 is 1.76 bits per heavy atom. The lowest BCUT2D eigenvalue weighted by atomic mass is 10.2. The molecule has 0 bridgehead atoms. The highest BCUT2D eigenvalue weighted by atomic mass is 35.5. The second-order valence-electron chi connectivity index (χ2n) is 4.57. The number of halogens is 1. The Labute approximate surface area is 104 Å². The molecule has 0 spiro atoms. The van der Waals surface area contributed by atoms with Crippen LogP contribution < -0.4 is 5.32 Å². The van der Waals surface area contributed by atoms with Crippen LogP contribution >= 0.6 is 11.6 Å². The second kappa shape index (κ2) is 5.01. The smallest absolute Gasteiger partial charge is 0.358 e. The van der Waals surface area contributed by atoms with Crippen LogP contribution in [0.5, 0.6) is 0 Å². The van der Waals surface area contributed by atoms with Crippen LogP contribution in [0.15, 0.2) is 6.20 Å². The summed E-state index contributed by atoms with van der Waals surface area (Å²) in [4.78, 5) is 10.0. The van der Waals surface area contributed by atoms with Gasteiger partial charge in [0.25, 0.3) is 0 Å². The van der Waals surface area contributed by atoms with Crippen LogP contribution in [-0.2, 0) is 6.54 Å². The molecule has 1 saturated carbocycles. The van der Waals surface area contributed by atoms with Crippen LogP contribution in [0.4, 0.5) is 5.82 Å². The minimum Gasteiger partial charge on any atom is -0.358 e. The molecule has 0 radical (unpaired) electrons. The van der Waals surface area contributed by atoms with E-state index in [1.165, 1.54) is 19.0 Å². The van der Waals surface area contributed by atoms with Crippen molar-refractivity contribution in [2.24, 2.45) is 5.92 Å². The van der Waals surface area contributed by atoms with E-state index in [2.05, 4.69) is 17.3 Å². The lowest BCUT2D eigenvalue weighted by molar-refractivity contribution is -0.389. The third-order valence-electron chi connectivity index (χ3n) is 2.70. The number of hydrogen-bond acceptors (Lipinski definition) is 4. The van der Waals surface area contributed by atoms with Crippen molar-refractivity contribution in [1.82, 2.24) is 15.1 Å². The molecule has 1 unspecified atom stereocenters. The number of aromatic nitrogens is 2. The fraction of sp³-hybridized carbons (Fsp3) is 0.700. The summed E-state index contributed by atoms with van der Waals surface area (Å²) >= 11 is 5.72. The first-order valence-electron chi connectivity index (χ1n) is 5.67. The molecule has 1 aromatic heterocycles. The third-order valence-corrected chi connectivity index (χ3v) is 2.97. The zero-order valence-corrected chi connectivity index (χ0v) is 10.4. The van der Waals surface area contributed by atoms with E-state index in [9.17, 15) is 10.1 Å². The van der Waals surface area contributed by atoms with Crippen LogP contribution in [0, 0.1) is 16.0 Å². The van der Waals surface area contributed by atoms with Crippen molar-refractivity contribution < 1.29 is 4.92 Å². The molecule has 94 valence electrons. The lowest BCUT2D eigenvalue weighted by Crippen LogP contribution is -2.25. The van der Waals surface area contributed by atoms with E-state index in [0.29, 0.717) is 18.5 Å². The van der Waals surface area contributed by atoms with E-state index in [1.54, 1.807) is 4.68 Å². The molecule has 1 heterocycles. The molecule has 1 aliphatic rings. The minimum absolute atomic E-state index is 0.0948. The molecule has 0 saturated heterocycles. The van der Waals surface area contributed by atoms with E-state index in [4.69, 9.17) is 11.6 Å². The molecular formula is C10H15ClN4O2. The Balaban J connectivity index is 1.88. The summed E-state index contributed by atoms with van der Waals surface area (Å²) in [6.07, 6.45) is 4.02. The summed E-state index contributed by atoms with van der Waals surface area (Å²) in [5.41, 5.74) is 0. The molecule has 1 aromatic rings. The highest BCUT2D eigenvalue weighted by Gasteiger charge is 2.22. The molecule has 1 N–H and O–H groups in total. The first-order chi connectivity index (χ1) is 8.06. The van der Waals surface area contributed by atoms with Gasteiger partial charge in [0.15, 0.2) is 5.02 Å². The fourth-order valence-electron chi connectivity index (χ4n) is 1.64. The molecule has 6 nitrogen and oxygen atoms in total. The summed E-state index contributed by atoms with van der Waals surface area (Å²) in [6, 6.07) is 0.674. The zero-order chi connectivity index (χ0) is 12.4. The third kappa shape index (κ3) is 3.41. The second-order valence-corrected chi connectivity index (χ2v) is 4.97. The molecule has 1 fully saturated rings. The topological polar surface area (TPSA) is 73.0 Å². The number of nitrogens with one attached hydrogen (secondary N) is 1. The normalized spacial score (nSPS) is 17.1. The number of rotatable bonds is 6. The van der Waals surface area contributed by atoms with Crippen molar-refractivity contribution in [1.29, 1.82) is 0 Å². The van der Waals surface area contributed by atoms with Gasteiger partial charge in [-0.15, -0.1) is 0 Å². The van der Waals surface area contributed by atoms with Crippen molar-refractivity contribution in [3.63, 3.8) is 0 Å². The van der Waals surface area contributed by atoms with Gasteiger partial charge in [-0.1, -0.05) is 18.5 Å². The predicted molar refractivity (Wildman–Crippen MR) is 64.1 cm³/mol. The standard InChI is InChI=1S/C10H15ClN4O2/c1-7(4-12-8-2-3-8)5-14-6-9(11)10(13-14)15(16)17/h6-8,12H,2-5H2,1H3. The van der Waals surface area contributed by atoms with Gasteiger partial charge >= 0.3 is 5.82 Å². The first kappa shape index (κ1) is 12.3. The van der Waals surface area contributed by atoms with Gasteiger partial charge in [-0.25, -0.2) is 0 Å². The minimum atomic E-state index is -0.564. The van der Waals surface area contributed by atoms with Gasteiger partial charge in [0.1, 0.15) is 0 Å². The van der Waals surface area contributed by atoms with Gasteiger partial charge in [0, 0.05) is 6.04 Å². The van der Waals surface area contributed by atoms with E-state index in [0.717, 1.165) is 6.54 Å². The number of nitrogens with zero attached hydrogens (tertiary/aromatic N) is 3. The summed E-state index contributed by atoms with van der Waals surface area (Å²) < 4.78 is 1.54. The van der Waals surface area contributed by atoms with Gasteiger partial charge in [-0.3, -0.25) is 0 Å². The van der Waals surface area contributed by atoms with Crippen LogP contribution in [0.25, 0.3) is 0 Å². The van der Waals surface area contributed by atoms with Gasteiger partial charge in [-0.05, 0) is 30.2 Å². The molecule has 0 aliphatic heterocycles. The van der Waals surface area contributed by atoms with Crippen LogP contribution in [0.1, 0.15) is 19.8 Å². The van der Waals surface area contributed by atoms with Gasteiger partial charge in [0.05, 0.1) is 17.8 Å². The largest absolute Gasteiger partial charge is 0.408 e. The molecule has 17 heavy (non-hydrogen) atoms. The highest BCUT2D eigenvalue weighted by molar-refractivity contribution is 6.32. The molecule has 2 rings (SSSR count). The van der Waals surface area contributed by atoms with Crippen LogP contribution in [0.3, 0.4) is 0 Å². The molecular weight excluding hydrogens is 244 g/mol. The summed E-state index contributed by atoms with van der Waals surface area (Å²) in [5, 5.41) is 17.9. The summed E-state index contributed by atoms with van der Waals surface area (Å²) in [6.45, 7) is 3.61. The zero-order valence-electron chi connectivity index (χ0n) is 9.60. The number of hydrogen-bond donors (Lipinski definition) is 1. The van der Waals surface area contributed by atoms with Crippen molar-refractivity contribution >= 4 is 17.4 Å². The lowest BCUT2D eigenvalue weighted by Gasteiger charge is -2.09. The molecule has 0 amide bonds. The Bertz CT molecular complexity index is 416. The van der Waals surface area contributed by atoms with Crippen molar-refractivity contribution in [3.8, 4) is 0 Å². The average Bonchev–Trinajstić information content (AvgIpc) is 3.00. The predicted octanol–water partition coefficient (Wildman–Crippen LogP) is 1.83. The van der Waals surface area contributed by atoms with Crippen LogP contribution in [-0.4, -0.2) is 27.3 Å². The quantitative estimate of drug-likeness (QED) is 0.624. The molecule has 1 aliphatic carbocycles. The monoisotopic (exact) mass is 258 g/mol. The maximum atomic E-state index is 10.6. The Morgan fingerprint density at radius 2 is 2.47 bits per heavy atom. The molecule has 1 atom stereocenters. The van der Waals surface area contributed by atoms with E-state index in [1.807, 2.05) is 0 Å². The fourth-order valence-corrected chi connectivity index (χ4v) is 1.86.